The molecule has 1 aliphatic rings. The van der Waals surface area contributed by atoms with E-state index in [1.165, 1.54) is 5.56 Å². The van der Waals surface area contributed by atoms with Crippen LogP contribution in [0.15, 0.2) is 36.4 Å². The topological polar surface area (TPSA) is 64.6 Å². The molecule has 0 fully saturated rings. The van der Waals surface area contributed by atoms with E-state index in [1.807, 2.05) is 30.3 Å². The number of allylic oxidation sites excluding steroid dienone is 2. The van der Waals surface area contributed by atoms with E-state index in [0.29, 0.717) is 19.6 Å². The summed E-state index contributed by atoms with van der Waals surface area (Å²) in [5.41, 5.74) is 1.35. The average molecular weight is 359 g/mol. The molecule has 5 nitrogen and oxygen atoms in total. The molecule has 0 unspecified atom stereocenters. The van der Waals surface area contributed by atoms with Crippen molar-refractivity contribution in [1.29, 1.82) is 0 Å². The quantitative estimate of drug-likeness (QED) is 0.460. The molecule has 142 valence electrons. The van der Waals surface area contributed by atoms with Gasteiger partial charge < -0.3 is 14.8 Å². The molecule has 0 aliphatic heterocycles. The zero-order valence-corrected chi connectivity index (χ0v) is 15.9. The Balaban J connectivity index is 1.61. The molecule has 0 aromatic heterocycles. The van der Waals surface area contributed by atoms with E-state index in [0.717, 1.165) is 18.6 Å². The second kappa shape index (κ2) is 9.41. The highest BCUT2D eigenvalue weighted by molar-refractivity contribution is 5.81. The molecule has 1 aliphatic carbocycles. The first-order valence-corrected chi connectivity index (χ1v) is 9.18. The van der Waals surface area contributed by atoms with E-state index in [1.54, 1.807) is 0 Å². The zero-order valence-electron chi connectivity index (χ0n) is 15.9. The number of hydrogen-bond donors (Lipinski definition) is 1. The highest BCUT2D eigenvalue weighted by Gasteiger charge is 2.20. The van der Waals surface area contributed by atoms with Gasteiger partial charge in [0.05, 0.1) is 12.5 Å². The Hall–Kier alpha value is -2.30. The largest absolute Gasteiger partial charge is 0.492 e. The third-order valence-corrected chi connectivity index (χ3v) is 4.36. The van der Waals surface area contributed by atoms with E-state index in [-0.39, 0.29) is 29.8 Å². The van der Waals surface area contributed by atoms with Crippen molar-refractivity contribution in [2.45, 2.75) is 45.4 Å². The van der Waals surface area contributed by atoms with E-state index >= 15 is 0 Å². The number of carbonyl (C=O) groups is 2. The summed E-state index contributed by atoms with van der Waals surface area (Å²) in [5.74, 6) is 0.0484. The number of hydrogen-bond acceptors (Lipinski definition) is 4. The Morgan fingerprint density at radius 2 is 1.88 bits per heavy atom. The van der Waals surface area contributed by atoms with Gasteiger partial charge in [-0.05, 0) is 42.4 Å². The van der Waals surface area contributed by atoms with Crippen molar-refractivity contribution in [1.82, 2.24) is 5.32 Å². The Morgan fingerprint density at radius 3 is 2.50 bits per heavy atom. The first-order chi connectivity index (χ1) is 12.4. The van der Waals surface area contributed by atoms with Crippen molar-refractivity contribution in [3.8, 4) is 5.75 Å². The van der Waals surface area contributed by atoms with Gasteiger partial charge in [0.25, 0.3) is 5.91 Å². The maximum Gasteiger partial charge on any atom is 0.309 e. The number of rotatable bonds is 7. The molecule has 5 heteroatoms. The van der Waals surface area contributed by atoms with Crippen molar-refractivity contribution in [3.05, 3.63) is 42.0 Å². The minimum atomic E-state index is -0.309. The second-order valence-corrected chi connectivity index (χ2v) is 7.56. The third kappa shape index (κ3) is 6.54. The number of benzene rings is 1. The maximum absolute atomic E-state index is 11.9. The highest BCUT2D eigenvalue weighted by atomic mass is 16.5. The lowest BCUT2D eigenvalue weighted by molar-refractivity contribution is -0.152. The van der Waals surface area contributed by atoms with Gasteiger partial charge in [-0.2, -0.15) is 0 Å². The van der Waals surface area contributed by atoms with Crippen molar-refractivity contribution >= 4 is 11.9 Å². The van der Waals surface area contributed by atoms with Gasteiger partial charge in [-0.1, -0.05) is 45.1 Å². The van der Waals surface area contributed by atoms with Crippen molar-refractivity contribution in [3.63, 3.8) is 0 Å². The van der Waals surface area contributed by atoms with E-state index in [9.17, 15) is 9.59 Å². The standard InChI is InChI=1S/C21H29NO4/c1-21(2,3)17-9-11-18(12-10-17)25-14-13-22-19(23)15-26-20(24)16-7-5-4-6-8-16/h4-5,9-12,16H,6-8,13-15H2,1-3H3,(H,22,23)/t16-/m0/s1. The molecule has 1 aromatic rings. The summed E-state index contributed by atoms with van der Waals surface area (Å²) < 4.78 is 10.7. The highest BCUT2D eigenvalue weighted by Crippen LogP contribution is 2.24. The van der Waals surface area contributed by atoms with Crippen LogP contribution in [-0.4, -0.2) is 31.6 Å². The summed E-state index contributed by atoms with van der Waals surface area (Å²) in [6.07, 6.45) is 6.43. The van der Waals surface area contributed by atoms with Crippen LogP contribution >= 0.6 is 0 Å². The lowest BCUT2D eigenvalue weighted by Crippen LogP contribution is -2.33. The zero-order chi connectivity index (χ0) is 19.0. The first-order valence-electron chi connectivity index (χ1n) is 9.18. The molecule has 26 heavy (non-hydrogen) atoms. The lowest BCUT2D eigenvalue weighted by atomic mass is 9.87. The normalized spacial score (nSPS) is 16.8. The molecule has 0 bridgehead atoms. The van der Waals surface area contributed by atoms with E-state index < -0.39 is 0 Å². The summed E-state index contributed by atoms with van der Waals surface area (Å²) in [7, 11) is 0. The van der Waals surface area contributed by atoms with E-state index in [2.05, 4.69) is 32.2 Å². The van der Waals surface area contributed by atoms with Gasteiger partial charge in [-0.3, -0.25) is 9.59 Å². The SMILES string of the molecule is CC(C)(C)c1ccc(OCCNC(=O)COC(=O)[C@H]2CC=CCC2)cc1. The maximum atomic E-state index is 11.9. The molecule has 1 atom stereocenters. The van der Waals surface area contributed by atoms with Gasteiger partial charge in [-0.15, -0.1) is 0 Å². The molecule has 0 heterocycles. The van der Waals surface area contributed by atoms with Gasteiger partial charge >= 0.3 is 5.97 Å². The van der Waals surface area contributed by atoms with Crippen LogP contribution in [0.4, 0.5) is 0 Å². The van der Waals surface area contributed by atoms with Crippen molar-refractivity contribution < 1.29 is 19.1 Å². The Bertz CT molecular complexity index is 628. The number of ether oxygens (including phenoxy) is 2. The molecule has 1 N–H and O–H groups in total. The van der Waals surface area contributed by atoms with Gasteiger partial charge in [-0.25, -0.2) is 0 Å². The van der Waals surface area contributed by atoms with Crippen LogP contribution < -0.4 is 10.1 Å². The van der Waals surface area contributed by atoms with Crippen LogP contribution in [0.3, 0.4) is 0 Å². The predicted molar refractivity (Wildman–Crippen MR) is 101 cm³/mol. The predicted octanol–water partition coefficient (Wildman–Crippen LogP) is 3.38. The molecule has 1 aromatic carbocycles. The van der Waals surface area contributed by atoms with Gasteiger partial charge in [0.15, 0.2) is 6.61 Å². The van der Waals surface area contributed by atoms with Crippen LogP contribution in [-0.2, 0) is 19.7 Å². The molecule has 1 amide bonds. The Kier molecular flexibility index (Phi) is 7.25. The fourth-order valence-corrected chi connectivity index (χ4v) is 2.72. The Morgan fingerprint density at radius 1 is 1.15 bits per heavy atom. The fourth-order valence-electron chi connectivity index (χ4n) is 2.72. The lowest BCUT2D eigenvalue weighted by Gasteiger charge is -2.19. The minimum Gasteiger partial charge on any atom is -0.492 e. The minimum absolute atomic E-state index is 0.109. The summed E-state index contributed by atoms with van der Waals surface area (Å²) in [6.45, 7) is 6.98. The monoisotopic (exact) mass is 359 g/mol. The summed E-state index contributed by atoms with van der Waals surface area (Å²) in [5, 5.41) is 2.69. The van der Waals surface area contributed by atoms with Crippen molar-refractivity contribution in [2.75, 3.05) is 19.8 Å². The molecule has 2 rings (SSSR count). The van der Waals surface area contributed by atoms with Crippen LogP contribution in [0.25, 0.3) is 0 Å². The molecular weight excluding hydrogens is 330 g/mol. The van der Waals surface area contributed by atoms with Crippen molar-refractivity contribution in [2.24, 2.45) is 5.92 Å². The number of nitrogens with one attached hydrogen (secondary N) is 1. The van der Waals surface area contributed by atoms with Crippen LogP contribution in [0.1, 0.15) is 45.6 Å². The average Bonchev–Trinajstić information content (AvgIpc) is 2.63. The molecule has 0 spiro atoms. The van der Waals surface area contributed by atoms with Crippen LogP contribution in [0, 0.1) is 5.92 Å². The summed E-state index contributed by atoms with van der Waals surface area (Å²) in [4.78, 5) is 23.6. The smallest absolute Gasteiger partial charge is 0.309 e. The number of esters is 1. The van der Waals surface area contributed by atoms with Gasteiger partial charge in [0.1, 0.15) is 12.4 Å². The first kappa shape index (κ1) is 20.0. The van der Waals surface area contributed by atoms with E-state index in [4.69, 9.17) is 9.47 Å². The Labute approximate surface area is 155 Å². The molecule has 0 saturated heterocycles. The molecule has 0 radical (unpaired) electrons. The summed E-state index contributed by atoms with van der Waals surface area (Å²) in [6, 6.07) is 7.97. The second-order valence-electron chi connectivity index (χ2n) is 7.56. The van der Waals surface area contributed by atoms with Crippen LogP contribution in [0.5, 0.6) is 5.75 Å². The van der Waals surface area contributed by atoms with Gasteiger partial charge in [0, 0.05) is 0 Å². The third-order valence-electron chi connectivity index (χ3n) is 4.36. The molecular formula is C21H29NO4. The summed E-state index contributed by atoms with van der Waals surface area (Å²) >= 11 is 0. The number of carbonyl (C=O) groups excluding carboxylic acids is 2. The fraction of sp³-hybridized carbons (Fsp3) is 0.524. The van der Waals surface area contributed by atoms with Crippen LogP contribution in [0.2, 0.25) is 0 Å². The molecule has 0 saturated carbocycles. The van der Waals surface area contributed by atoms with Gasteiger partial charge in [0.2, 0.25) is 0 Å². The number of amides is 1.